The van der Waals surface area contributed by atoms with Gasteiger partial charge in [-0.05, 0) is 60.7 Å². The summed E-state index contributed by atoms with van der Waals surface area (Å²) in [4.78, 5) is 10.9. The minimum Gasteiger partial charge on any atom is -0.481 e. The topological polar surface area (TPSA) is 49.3 Å². The SMILES string of the molecule is CC(C)(CNc1ccc(I)cc1)C(=O)O. The molecule has 0 radical (unpaired) electrons. The number of carboxylic acid groups (broad SMARTS) is 1. The van der Waals surface area contributed by atoms with Crippen molar-refractivity contribution in [1.29, 1.82) is 0 Å². The summed E-state index contributed by atoms with van der Waals surface area (Å²) in [6, 6.07) is 7.85. The normalized spacial score (nSPS) is 11.1. The molecule has 0 unspecified atom stereocenters. The number of carboxylic acids is 1. The molecule has 15 heavy (non-hydrogen) atoms. The van der Waals surface area contributed by atoms with Gasteiger partial charge in [0, 0.05) is 15.8 Å². The molecule has 0 aromatic heterocycles. The maximum absolute atomic E-state index is 10.9. The van der Waals surface area contributed by atoms with Crippen molar-refractivity contribution >= 4 is 34.2 Å². The summed E-state index contributed by atoms with van der Waals surface area (Å²) >= 11 is 2.23. The van der Waals surface area contributed by atoms with Crippen LogP contribution in [0.2, 0.25) is 0 Å². The Morgan fingerprint density at radius 3 is 2.40 bits per heavy atom. The van der Waals surface area contributed by atoms with Gasteiger partial charge >= 0.3 is 5.97 Å². The molecule has 0 heterocycles. The highest BCUT2D eigenvalue weighted by atomic mass is 127. The van der Waals surface area contributed by atoms with E-state index in [1.807, 2.05) is 24.3 Å². The molecule has 1 aromatic carbocycles. The summed E-state index contributed by atoms with van der Waals surface area (Å²) < 4.78 is 1.16. The first-order valence-electron chi connectivity index (χ1n) is 4.65. The highest BCUT2D eigenvalue weighted by Gasteiger charge is 2.26. The Morgan fingerprint density at radius 1 is 1.40 bits per heavy atom. The van der Waals surface area contributed by atoms with Crippen LogP contribution in [-0.2, 0) is 4.79 Å². The van der Waals surface area contributed by atoms with Gasteiger partial charge in [-0.25, -0.2) is 0 Å². The molecule has 0 amide bonds. The first-order valence-corrected chi connectivity index (χ1v) is 5.72. The lowest BCUT2D eigenvalue weighted by atomic mass is 9.94. The van der Waals surface area contributed by atoms with Gasteiger partial charge in [0.05, 0.1) is 5.41 Å². The highest BCUT2D eigenvalue weighted by molar-refractivity contribution is 14.1. The van der Waals surface area contributed by atoms with Crippen molar-refractivity contribution in [2.24, 2.45) is 5.41 Å². The Labute approximate surface area is 103 Å². The Balaban J connectivity index is 2.57. The van der Waals surface area contributed by atoms with Crippen LogP contribution in [0, 0.1) is 8.99 Å². The van der Waals surface area contributed by atoms with Gasteiger partial charge in [0.15, 0.2) is 0 Å². The Bertz CT molecular complexity index is 346. The van der Waals surface area contributed by atoms with Crippen LogP contribution in [0.15, 0.2) is 24.3 Å². The molecule has 0 fully saturated rings. The first kappa shape index (κ1) is 12.3. The zero-order valence-electron chi connectivity index (χ0n) is 8.75. The number of anilines is 1. The second-order valence-corrected chi connectivity index (χ2v) is 5.30. The van der Waals surface area contributed by atoms with Crippen LogP contribution in [0.25, 0.3) is 0 Å². The minimum atomic E-state index is -0.791. The lowest BCUT2D eigenvalue weighted by Gasteiger charge is -2.20. The predicted octanol–water partition coefficient (Wildman–Crippen LogP) is 2.81. The third-order valence-corrected chi connectivity index (χ3v) is 2.88. The van der Waals surface area contributed by atoms with Crippen molar-refractivity contribution in [3.05, 3.63) is 27.8 Å². The van der Waals surface area contributed by atoms with Gasteiger partial charge < -0.3 is 10.4 Å². The lowest BCUT2D eigenvalue weighted by molar-refractivity contribution is -0.146. The van der Waals surface area contributed by atoms with Crippen molar-refractivity contribution in [3.63, 3.8) is 0 Å². The number of benzene rings is 1. The largest absolute Gasteiger partial charge is 0.481 e. The number of aliphatic carboxylic acids is 1. The van der Waals surface area contributed by atoms with Gasteiger partial charge in [-0.3, -0.25) is 4.79 Å². The monoisotopic (exact) mass is 319 g/mol. The number of rotatable bonds is 4. The molecule has 82 valence electrons. The van der Waals surface area contributed by atoms with E-state index in [-0.39, 0.29) is 0 Å². The zero-order valence-corrected chi connectivity index (χ0v) is 10.9. The fraction of sp³-hybridized carbons (Fsp3) is 0.364. The molecule has 0 spiro atoms. The number of hydrogen-bond acceptors (Lipinski definition) is 2. The van der Waals surface area contributed by atoms with E-state index < -0.39 is 11.4 Å². The van der Waals surface area contributed by atoms with Gasteiger partial charge in [-0.1, -0.05) is 0 Å². The van der Waals surface area contributed by atoms with Crippen LogP contribution < -0.4 is 5.32 Å². The van der Waals surface area contributed by atoms with Gasteiger partial charge in [0.1, 0.15) is 0 Å². The predicted molar refractivity (Wildman–Crippen MR) is 69.1 cm³/mol. The fourth-order valence-corrected chi connectivity index (χ4v) is 1.33. The van der Waals surface area contributed by atoms with Crippen molar-refractivity contribution in [3.8, 4) is 0 Å². The number of carbonyl (C=O) groups is 1. The fourth-order valence-electron chi connectivity index (χ4n) is 0.966. The van der Waals surface area contributed by atoms with Crippen molar-refractivity contribution in [2.45, 2.75) is 13.8 Å². The van der Waals surface area contributed by atoms with E-state index in [9.17, 15) is 4.79 Å². The molecular formula is C11H14INO2. The van der Waals surface area contributed by atoms with Crippen LogP contribution in [0.5, 0.6) is 0 Å². The molecule has 0 saturated heterocycles. The van der Waals surface area contributed by atoms with E-state index in [4.69, 9.17) is 5.11 Å². The standard InChI is InChI=1S/C11H14INO2/c1-11(2,10(14)15)7-13-9-5-3-8(12)4-6-9/h3-6,13H,7H2,1-2H3,(H,14,15). The number of hydrogen-bond donors (Lipinski definition) is 2. The summed E-state index contributed by atoms with van der Waals surface area (Å²) in [5.41, 5.74) is 0.202. The summed E-state index contributed by atoms with van der Waals surface area (Å²) in [5, 5.41) is 12.0. The molecule has 0 atom stereocenters. The summed E-state index contributed by atoms with van der Waals surface area (Å²) in [5.74, 6) is -0.791. The van der Waals surface area contributed by atoms with Gasteiger partial charge in [-0.15, -0.1) is 0 Å². The van der Waals surface area contributed by atoms with Crippen molar-refractivity contribution < 1.29 is 9.90 Å². The van der Waals surface area contributed by atoms with Crippen LogP contribution in [-0.4, -0.2) is 17.6 Å². The first-order chi connectivity index (χ1) is 6.92. The molecule has 2 N–H and O–H groups in total. The quantitative estimate of drug-likeness (QED) is 0.839. The summed E-state index contributed by atoms with van der Waals surface area (Å²) in [7, 11) is 0. The van der Waals surface area contributed by atoms with Crippen LogP contribution in [0.1, 0.15) is 13.8 Å². The average Bonchev–Trinajstić information content (AvgIpc) is 2.17. The Kier molecular flexibility index (Phi) is 3.96. The summed E-state index contributed by atoms with van der Waals surface area (Å²) in [6.07, 6.45) is 0. The second-order valence-electron chi connectivity index (χ2n) is 4.05. The molecule has 1 aromatic rings. The zero-order chi connectivity index (χ0) is 11.5. The molecule has 3 nitrogen and oxygen atoms in total. The average molecular weight is 319 g/mol. The van der Waals surface area contributed by atoms with Crippen molar-refractivity contribution in [1.82, 2.24) is 0 Å². The third kappa shape index (κ3) is 3.70. The van der Waals surface area contributed by atoms with E-state index in [2.05, 4.69) is 27.9 Å². The summed E-state index contributed by atoms with van der Waals surface area (Å²) in [6.45, 7) is 3.83. The van der Waals surface area contributed by atoms with Crippen LogP contribution in [0.3, 0.4) is 0 Å². The third-order valence-electron chi connectivity index (χ3n) is 2.16. The molecular weight excluding hydrogens is 305 g/mol. The Hall–Kier alpha value is -0.780. The maximum atomic E-state index is 10.9. The van der Waals surface area contributed by atoms with Gasteiger partial charge in [-0.2, -0.15) is 0 Å². The van der Waals surface area contributed by atoms with E-state index in [1.54, 1.807) is 13.8 Å². The molecule has 0 aliphatic rings. The number of nitrogens with one attached hydrogen (secondary N) is 1. The number of halogens is 1. The van der Waals surface area contributed by atoms with Gasteiger partial charge in [0.25, 0.3) is 0 Å². The van der Waals surface area contributed by atoms with Crippen LogP contribution in [0.4, 0.5) is 5.69 Å². The second kappa shape index (κ2) is 4.83. The highest BCUT2D eigenvalue weighted by Crippen LogP contribution is 2.17. The van der Waals surface area contributed by atoms with E-state index in [1.165, 1.54) is 0 Å². The van der Waals surface area contributed by atoms with E-state index in [0.717, 1.165) is 9.26 Å². The van der Waals surface area contributed by atoms with Crippen LogP contribution >= 0.6 is 22.6 Å². The molecule has 1 rings (SSSR count). The maximum Gasteiger partial charge on any atom is 0.310 e. The smallest absolute Gasteiger partial charge is 0.310 e. The molecule has 4 heteroatoms. The minimum absolute atomic E-state index is 0.420. The van der Waals surface area contributed by atoms with E-state index in [0.29, 0.717) is 6.54 Å². The Morgan fingerprint density at radius 2 is 1.93 bits per heavy atom. The lowest BCUT2D eigenvalue weighted by Crippen LogP contribution is -2.31. The molecule has 0 aliphatic heterocycles. The molecule has 0 bridgehead atoms. The van der Waals surface area contributed by atoms with E-state index >= 15 is 0 Å². The van der Waals surface area contributed by atoms with Crippen molar-refractivity contribution in [2.75, 3.05) is 11.9 Å². The molecule has 0 saturated carbocycles. The van der Waals surface area contributed by atoms with Gasteiger partial charge in [0.2, 0.25) is 0 Å². The molecule has 0 aliphatic carbocycles.